The highest BCUT2D eigenvalue weighted by molar-refractivity contribution is 7.10. The minimum Gasteiger partial charge on any atom is -0.329 e. The molecule has 2 nitrogen and oxygen atoms in total. The van der Waals surface area contributed by atoms with Crippen LogP contribution in [0.1, 0.15) is 10.9 Å². The number of thiophene rings is 1. The molecule has 0 bridgehead atoms. The first-order valence-electron chi connectivity index (χ1n) is 3.39. The van der Waals surface area contributed by atoms with Crippen LogP contribution in [0.15, 0.2) is 11.4 Å². The minimum atomic E-state index is 0.197. The molecule has 3 N–H and O–H groups in total. The molecule has 1 aromatic heterocycles. The lowest BCUT2D eigenvalue weighted by molar-refractivity contribution is 0.616. The summed E-state index contributed by atoms with van der Waals surface area (Å²) in [6.07, 6.45) is 0. The van der Waals surface area contributed by atoms with Gasteiger partial charge in [0.15, 0.2) is 0 Å². The smallest absolute Gasteiger partial charge is 0.0561 e. The lowest BCUT2D eigenvalue weighted by Gasteiger charge is -2.11. The number of nitrogens with two attached hydrogens (primary N) is 1. The summed E-state index contributed by atoms with van der Waals surface area (Å²) in [6, 6.07) is 2.09. The van der Waals surface area contributed by atoms with Gasteiger partial charge in [-0.1, -0.05) is 11.6 Å². The van der Waals surface area contributed by atoms with E-state index in [1.54, 1.807) is 11.3 Å². The summed E-state index contributed by atoms with van der Waals surface area (Å²) in [5.41, 5.74) is 5.53. The zero-order valence-corrected chi connectivity index (χ0v) is 7.88. The molecule has 0 radical (unpaired) electrons. The molecule has 1 heterocycles. The summed E-state index contributed by atoms with van der Waals surface area (Å²) in [4.78, 5) is 1.12. The summed E-state index contributed by atoms with van der Waals surface area (Å²) in [7, 11) is 1.88. The first-order chi connectivity index (χ1) is 5.29. The van der Waals surface area contributed by atoms with Gasteiger partial charge in [-0.25, -0.2) is 0 Å². The third kappa shape index (κ3) is 1.93. The van der Waals surface area contributed by atoms with Crippen LogP contribution in [-0.2, 0) is 0 Å². The molecule has 0 aliphatic rings. The predicted octanol–water partition coefficient (Wildman–Crippen LogP) is 1.62. The maximum absolute atomic E-state index is 5.91. The Balaban J connectivity index is 2.81. The maximum Gasteiger partial charge on any atom is 0.0561 e. The molecule has 1 rings (SSSR count). The molecule has 1 atom stereocenters. The molecular weight excluding hydrogens is 180 g/mol. The van der Waals surface area contributed by atoms with Gasteiger partial charge in [-0.2, -0.15) is 0 Å². The van der Waals surface area contributed by atoms with Crippen molar-refractivity contribution < 1.29 is 0 Å². The van der Waals surface area contributed by atoms with Crippen molar-refractivity contribution in [1.29, 1.82) is 0 Å². The van der Waals surface area contributed by atoms with Crippen molar-refractivity contribution >= 4 is 22.9 Å². The lowest BCUT2D eigenvalue weighted by atomic mass is 10.2. The zero-order valence-electron chi connectivity index (χ0n) is 6.30. The zero-order chi connectivity index (χ0) is 8.27. The highest BCUT2D eigenvalue weighted by atomic mass is 35.5. The Hall–Kier alpha value is -0.0900. The maximum atomic E-state index is 5.91. The molecule has 0 saturated carbocycles. The Kier molecular flexibility index (Phi) is 3.33. The fraction of sp³-hybridized carbons (Fsp3) is 0.429. The van der Waals surface area contributed by atoms with E-state index in [1.165, 1.54) is 0 Å². The molecule has 1 unspecified atom stereocenters. The van der Waals surface area contributed by atoms with Crippen molar-refractivity contribution in [3.8, 4) is 0 Å². The average Bonchev–Trinajstić information content (AvgIpc) is 2.40. The minimum absolute atomic E-state index is 0.197. The van der Waals surface area contributed by atoms with Crippen molar-refractivity contribution in [2.45, 2.75) is 6.04 Å². The van der Waals surface area contributed by atoms with Crippen LogP contribution in [0.5, 0.6) is 0 Å². The Morgan fingerprint density at radius 1 is 1.82 bits per heavy atom. The van der Waals surface area contributed by atoms with Crippen LogP contribution < -0.4 is 11.1 Å². The summed E-state index contributed by atoms with van der Waals surface area (Å²) < 4.78 is 0. The van der Waals surface area contributed by atoms with Gasteiger partial charge >= 0.3 is 0 Å². The molecule has 0 fully saturated rings. The molecule has 0 saturated heterocycles. The normalized spacial score (nSPS) is 13.4. The number of rotatable bonds is 3. The third-order valence-electron chi connectivity index (χ3n) is 1.55. The van der Waals surface area contributed by atoms with Crippen molar-refractivity contribution in [2.75, 3.05) is 13.6 Å². The van der Waals surface area contributed by atoms with Gasteiger partial charge in [-0.3, -0.25) is 0 Å². The molecule has 11 heavy (non-hydrogen) atoms. The lowest BCUT2D eigenvalue weighted by Crippen LogP contribution is -2.24. The van der Waals surface area contributed by atoms with Crippen LogP contribution in [0.3, 0.4) is 0 Å². The Morgan fingerprint density at radius 3 is 2.91 bits per heavy atom. The number of hydrogen-bond acceptors (Lipinski definition) is 3. The standard InChI is InChI=1S/C7H11ClN2S/c1-10-6(4-9)7-5(8)2-3-11-7/h2-3,6,10H,4,9H2,1H3. The van der Waals surface area contributed by atoms with Crippen LogP contribution >= 0.6 is 22.9 Å². The van der Waals surface area contributed by atoms with E-state index in [9.17, 15) is 0 Å². The highest BCUT2D eigenvalue weighted by Gasteiger charge is 2.11. The summed E-state index contributed by atoms with van der Waals surface area (Å²) >= 11 is 7.54. The van der Waals surface area contributed by atoms with Gasteiger partial charge in [0.1, 0.15) is 0 Å². The quantitative estimate of drug-likeness (QED) is 0.761. The SMILES string of the molecule is CNC(CN)c1sccc1Cl. The van der Waals surface area contributed by atoms with E-state index in [1.807, 2.05) is 18.5 Å². The van der Waals surface area contributed by atoms with Crippen molar-refractivity contribution in [1.82, 2.24) is 5.32 Å². The largest absolute Gasteiger partial charge is 0.329 e. The van der Waals surface area contributed by atoms with Gasteiger partial charge in [0.25, 0.3) is 0 Å². The molecule has 1 aromatic rings. The van der Waals surface area contributed by atoms with Gasteiger partial charge in [-0.05, 0) is 18.5 Å². The van der Waals surface area contributed by atoms with E-state index < -0.39 is 0 Å². The van der Waals surface area contributed by atoms with Crippen molar-refractivity contribution in [2.24, 2.45) is 5.73 Å². The van der Waals surface area contributed by atoms with Gasteiger partial charge in [0.05, 0.1) is 11.1 Å². The van der Waals surface area contributed by atoms with Gasteiger partial charge in [0.2, 0.25) is 0 Å². The monoisotopic (exact) mass is 190 g/mol. The molecule has 4 heteroatoms. The number of nitrogens with one attached hydrogen (secondary N) is 1. The van der Waals surface area contributed by atoms with Crippen LogP contribution in [-0.4, -0.2) is 13.6 Å². The predicted molar refractivity (Wildman–Crippen MR) is 50.2 cm³/mol. The molecule has 0 amide bonds. The van der Waals surface area contributed by atoms with E-state index >= 15 is 0 Å². The second-order valence-corrected chi connectivity index (χ2v) is 3.56. The molecule has 0 aliphatic carbocycles. The number of likely N-dealkylation sites (N-methyl/N-ethyl adjacent to an activating group) is 1. The molecular formula is C7H11ClN2S. The first kappa shape index (κ1) is 9.00. The molecule has 0 aromatic carbocycles. The number of halogens is 1. The van der Waals surface area contributed by atoms with Crippen LogP contribution in [0.4, 0.5) is 0 Å². The highest BCUT2D eigenvalue weighted by Crippen LogP contribution is 2.27. The molecule has 0 spiro atoms. The Morgan fingerprint density at radius 2 is 2.55 bits per heavy atom. The Bertz CT molecular complexity index is 220. The summed E-state index contributed by atoms with van der Waals surface area (Å²) in [6.45, 7) is 0.580. The van der Waals surface area contributed by atoms with Gasteiger partial charge in [-0.15, -0.1) is 11.3 Å². The van der Waals surface area contributed by atoms with Crippen LogP contribution in [0.2, 0.25) is 5.02 Å². The van der Waals surface area contributed by atoms with E-state index in [2.05, 4.69) is 5.32 Å². The average molecular weight is 191 g/mol. The van der Waals surface area contributed by atoms with Gasteiger partial charge < -0.3 is 11.1 Å². The van der Waals surface area contributed by atoms with Gasteiger partial charge in [0, 0.05) is 11.4 Å². The second-order valence-electron chi connectivity index (χ2n) is 2.21. The van der Waals surface area contributed by atoms with E-state index in [0.29, 0.717) is 6.54 Å². The first-order valence-corrected chi connectivity index (χ1v) is 4.65. The second kappa shape index (κ2) is 4.07. The van der Waals surface area contributed by atoms with Crippen LogP contribution in [0.25, 0.3) is 0 Å². The summed E-state index contributed by atoms with van der Waals surface area (Å²) in [5.74, 6) is 0. The third-order valence-corrected chi connectivity index (χ3v) is 3.02. The van der Waals surface area contributed by atoms with Crippen molar-refractivity contribution in [3.05, 3.63) is 21.3 Å². The van der Waals surface area contributed by atoms with Crippen molar-refractivity contribution in [3.63, 3.8) is 0 Å². The number of hydrogen-bond donors (Lipinski definition) is 2. The Labute approximate surface area is 75.4 Å². The molecule has 0 aliphatic heterocycles. The summed E-state index contributed by atoms with van der Waals surface area (Å²) in [5, 5.41) is 5.87. The fourth-order valence-electron chi connectivity index (χ4n) is 0.910. The molecule has 62 valence electrons. The van der Waals surface area contributed by atoms with E-state index in [0.717, 1.165) is 9.90 Å². The van der Waals surface area contributed by atoms with E-state index in [-0.39, 0.29) is 6.04 Å². The topological polar surface area (TPSA) is 38.0 Å². The fourth-order valence-corrected chi connectivity index (χ4v) is 2.22. The van der Waals surface area contributed by atoms with E-state index in [4.69, 9.17) is 17.3 Å². The van der Waals surface area contributed by atoms with Crippen LogP contribution in [0, 0.1) is 0 Å².